The molecule has 0 radical (unpaired) electrons. The molecule has 0 aliphatic heterocycles. The van der Waals surface area contributed by atoms with Crippen LogP contribution < -0.4 is 0 Å². The second-order valence-corrected chi connectivity index (χ2v) is 5.79. The van der Waals surface area contributed by atoms with Gasteiger partial charge in [-0.05, 0) is 62.1 Å². The lowest BCUT2D eigenvalue weighted by molar-refractivity contribution is -0.0790. The summed E-state index contributed by atoms with van der Waals surface area (Å²) >= 11 is 0. The summed E-state index contributed by atoms with van der Waals surface area (Å²) in [5, 5.41) is 0. The van der Waals surface area contributed by atoms with E-state index in [0.29, 0.717) is 11.8 Å². The Balaban J connectivity index is 2.05. The van der Waals surface area contributed by atoms with Crippen LogP contribution in [0.15, 0.2) is 36.4 Å². The van der Waals surface area contributed by atoms with Gasteiger partial charge < -0.3 is 0 Å². The maximum Gasteiger partial charge on any atom is 0.409 e. The molecule has 0 saturated heterocycles. The molecule has 0 atom stereocenters. The second-order valence-electron chi connectivity index (χ2n) is 5.79. The van der Waals surface area contributed by atoms with Crippen molar-refractivity contribution in [2.45, 2.75) is 44.7 Å². The lowest BCUT2D eigenvalue weighted by atomic mass is 9.78. The van der Waals surface area contributed by atoms with Crippen molar-refractivity contribution in [2.75, 3.05) is 0 Å². The van der Waals surface area contributed by atoms with Gasteiger partial charge in [-0.2, -0.15) is 13.2 Å². The third-order valence-electron chi connectivity index (χ3n) is 4.18. The quantitative estimate of drug-likeness (QED) is 0.457. The minimum Gasteiger partial charge on any atom is -0.206 e. The number of hydrogen-bond donors (Lipinski definition) is 0. The van der Waals surface area contributed by atoms with Crippen LogP contribution in [0, 0.1) is 11.7 Å². The van der Waals surface area contributed by atoms with Gasteiger partial charge in [-0.1, -0.05) is 24.3 Å². The summed E-state index contributed by atoms with van der Waals surface area (Å²) in [6.45, 7) is 2.01. The summed E-state index contributed by atoms with van der Waals surface area (Å²) in [5.41, 5.74) is 0.865. The highest BCUT2D eigenvalue weighted by Gasteiger charge is 2.23. The number of allylic oxidation sites excluding steroid dienone is 3. The van der Waals surface area contributed by atoms with Crippen molar-refractivity contribution >= 4 is 6.08 Å². The van der Waals surface area contributed by atoms with E-state index in [0.717, 1.165) is 37.3 Å². The van der Waals surface area contributed by atoms with Crippen LogP contribution >= 0.6 is 0 Å². The molecular weight excluding hydrogens is 292 g/mol. The van der Waals surface area contributed by atoms with Crippen molar-refractivity contribution in [3.8, 4) is 0 Å². The third kappa shape index (κ3) is 4.72. The topological polar surface area (TPSA) is 0 Å². The third-order valence-corrected chi connectivity index (χ3v) is 4.18. The molecular formula is C18H20F4. The lowest BCUT2D eigenvalue weighted by Gasteiger charge is -2.27. The predicted octanol–water partition coefficient (Wildman–Crippen LogP) is 6.25. The predicted molar refractivity (Wildman–Crippen MR) is 81.0 cm³/mol. The molecule has 4 heteroatoms. The summed E-state index contributed by atoms with van der Waals surface area (Å²) in [6, 6.07) is 4.57. The van der Waals surface area contributed by atoms with Gasteiger partial charge in [0.25, 0.3) is 0 Å². The van der Waals surface area contributed by atoms with Gasteiger partial charge in [0.05, 0.1) is 0 Å². The van der Waals surface area contributed by atoms with Gasteiger partial charge in [0.1, 0.15) is 5.82 Å². The minimum absolute atomic E-state index is 0.0244. The first-order valence-corrected chi connectivity index (χ1v) is 7.57. The molecule has 0 spiro atoms. The first kappa shape index (κ1) is 16.8. The van der Waals surface area contributed by atoms with Gasteiger partial charge >= 0.3 is 6.18 Å². The number of benzene rings is 1. The molecule has 0 bridgehead atoms. The second kappa shape index (κ2) is 7.12. The highest BCUT2D eigenvalue weighted by atomic mass is 19.4. The number of hydrogen-bond acceptors (Lipinski definition) is 0. The standard InChI is InChI=1S/C18H20F4/c1-2-3-13-4-6-14(7-5-13)16-9-8-15(17(19)12-16)10-11-18(20,21)22/h2-3,8-14H,4-7H2,1H3/b3-2+,11-10-. The van der Waals surface area contributed by atoms with Crippen LogP contribution in [-0.2, 0) is 0 Å². The van der Waals surface area contributed by atoms with E-state index in [2.05, 4.69) is 12.2 Å². The Bertz CT molecular complexity index is 547. The summed E-state index contributed by atoms with van der Waals surface area (Å²) in [6.07, 6.45) is 4.83. The van der Waals surface area contributed by atoms with Gasteiger partial charge in [0, 0.05) is 11.6 Å². The molecule has 120 valence electrons. The van der Waals surface area contributed by atoms with Gasteiger partial charge in [0.15, 0.2) is 0 Å². The first-order valence-electron chi connectivity index (χ1n) is 7.57. The Labute approximate surface area is 128 Å². The molecule has 0 heterocycles. The zero-order valence-corrected chi connectivity index (χ0v) is 12.5. The highest BCUT2D eigenvalue weighted by Crippen LogP contribution is 2.36. The van der Waals surface area contributed by atoms with Crippen LogP contribution in [0.5, 0.6) is 0 Å². The maximum atomic E-state index is 13.9. The molecule has 1 aromatic rings. The monoisotopic (exact) mass is 312 g/mol. The number of halogens is 4. The Morgan fingerprint density at radius 1 is 1.09 bits per heavy atom. The largest absolute Gasteiger partial charge is 0.409 e. The Morgan fingerprint density at radius 2 is 1.77 bits per heavy atom. The number of rotatable bonds is 3. The summed E-state index contributed by atoms with van der Waals surface area (Å²) in [5.74, 6) is 0.310. The van der Waals surface area contributed by atoms with Crippen LogP contribution in [0.2, 0.25) is 0 Å². The highest BCUT2D eigenvalue weighted by molar-refractivity contribution is 5.51. The van der Waals surface area contributed by atoms with Gasteiger partial charge in [-0.25, -0.2) is 4.39 Å². The van der Waals surface area contributed by atoms with Gasteiger partial charge in [-0.3, -0.25) is 0 Å². The summed E-state index contributed by atoms with van der Waals surface area (Å²) in [7, 11) is 0. The van der Waals surface area contributed by atoms with Gasteiger partial charge in [0.2, 0.25) is 0 Å². The van der Waals surface area contributed by atoms with Crippen molar-refractivity contribution < 1.29 is 17.6 Å². The molecule has 0 N–H and O–H groups in total. The normalized spacial score (nSPS) is 23.5. The van der Waals surface area contributed by atoms with Crippen LogP contribution in [0.25, 0.3) is 6.08 Å². The van der Waals surface area contributed by atoms with Crippen molar-refractivity contribution in [2.24, 2.45) is 5.92 Å². The van der Waals surface area contributed by atoms with Crippen molar-refractivity contribution in [3.05, 3.63) is 53.4 Å². The minimum atomic E-state index is -4.42. The van der Waals surface area contributed by atoms with Crippen LogP contribution in [0.3, 0.4) is 0 Å². The zero-order chi connectivity index (χ0) is 16.2. The summed E-state index contributed by atoms with van der Waals surface area (Å²) in [4.78, 5) is 0. The number of alkyl halides is 3. The molecule has 0 nitrogen and oxygen atoms in total. The van der Waals surface area contributed by atoms with E-state index < -0.39 is 12.0 Å². The average molecular weight is 312 g/mol. The molecule has 0 aromatic heterocycles. The summed E-state index contributed by atoms with van der Waals surface area (Å²) < 4.78 is 50.3. The van der Waals surface area contributed by atoms with E-state index in [9.17, 15) is 17.6 Å². The maximum absolute atomic E-state index is 13.9. The fraction of sp³-hybridized carbons (Fsp3) is 0.444. The Hall–Kier alpha value is -1.58. The van der Waals surface area contributed by atoms with E-state index in [4.69, 9.17) is 0 Å². The van der Waals surface area contributed by atoms with E-state index >= 15 is 0 Å². The first-order chi connectivity index (χ1) is 10.4. The van der Waals surface area contributed by atoms with Crippen LogP contribution in [-0.4, -0.2) is 6.18 Å². The van der Waals surface area contributed by atoms with E-state index in [1.165, 1.54) is 12.1 Å². The Morgan fingerprint density at radius 3 is 2.32 bits per heavy atom. The van der Waals surface area contributed by atoms with Crippen molar-refractivity contribution in [3.63, 3.8) is 0 Å². The zero-order valence-electron chi connectivity index (χ0n) is 12.5. The fourth-order valence-corrected chi connectivity index (χ4v) is 3.03. The molecule has 2 rings (SSSR count). The smallest absolute Gasteiger partial charge is 0.206 e. The molecule has 22 heavy (non-hydrogen) atoms. The molecule has 1 fully saturated rings. The molecule has 1 aliphatic rings. The average Bonchev–Trinajstić information content (AvgIpc) is 2.46. The molecule has 1 saturated carbocycles. The fourth-order valence-electron chi connectivity index (χ4n) is 3.03. The van der Waals surface area contributed by atoms with Crippen LogP contribution in [0.1, 0.15) is 49.7 Å². The van der Waals surface area contributed by atoms with E-state index in [1.807, 2.05) is 6.92 Å². The molecule has 0 unspecified atom stereocenters. The SMILES string of the molecule is C/C=C/C1CCC(c2ccc(/C=C\C(F)(F)F)c(F)c2)CC1. The molecule has 0 amide bonds. The van der Waals surface area contributed by atoms with Crippen molar-refractivity contribution in [1.82, 2.24) is 0 Å². The van der Waals surface area contributed by atoms with Crippen molar-refractivity contribution in [1.29, 1.82) is 0 Å². The van der Waals surface area contributed by atoms with E-state index in [1.54, 1.807) is 6.07 Å². The van der Waals surface area contributed by atoms with Gasteiger partial charge in [-0.15, -0.1) is 0 Å². The Kier molecular flexibility index (Phi) is 5.43. The van der Waals surface area contributed by atoms with E-state index in [-0.39, 0.29) is 11.6 Å². The molecule has 1 aromatic carbocycles. The lowest BCUT2D eigenvalue weighted by Crippen LogP contribution is -2.12. The molecule has 1 aliphatic carbocycles. The van der Waals surface area contributed by atoms with Crippen LogP contribution in [0.4, 0.5) is 17.6 Å².